The Morgan fingerprint density at radius 2 is 2.00 bits per heavy atom. The molecule has 0 saturated carbocycles. The number of carbonyl (C=O) groups excluding carboxylic acids is 1. The minimum Gasteiger partial charge on any atom is -0.480 e. The molecule has 0 spiro atoms. The fourth-order valence-corrected chi connectivity index (χ4v) is 1.78. The number of benzene rings is 1. The predicted molar refractivity (Wildman–Crippen MR) is 74.4 cm³/mol. The summed E-state index contributed by atoms with van der Waals surface area (Å²) in [5.41, 5.74) is 0.793. The molecule has 1 aromatic rings. The van der Waals surface area contributed by atoms with Gasteiger partial charge in [0.15, 0.2) is 6.04 Å². The van der Waals surface area contributed by atoms with Crippen molar-refractivity contribution >= 4 is 33.9 Å². The average Bonchev–Trinajstić information content (AvgIpc) is 2.34. The van der Waals surface area contributed by atoms with Crippen molar-refractivity contribution in [1.82, 2.24) is 5.32 Å². The lowest BCUT2D eigenvalue weighted by molar-refractivity contribution is -0.144. The topological polar surface area (TPSA) is 86.6 Å². The summed E-state index contributed by atoms with van der Waals surface area (Å²) in [6.07, 6.45) is 1.61. The Morgan fingerprint density at radius 1 is 1.37 bits per heavy atom. The van der Waals surface area contributed by atoms with E-state index < -0.39 is 24.0 Å². The highest BCUT2D eigenvalue weighted by atomic mass is 79.9. The highest BCUT2D eigenvalue weighted by Crippen LogP contribution is 2.16. The van der Waals surface area contributed by atoms with Crippen LogP contribution in [0.1, 0.15) is 12.5 Å². The van der Waals surface area contributed by atoms with Crippen LogP contribution in [-0.2, 0) is 9.59 Å². The molecular weight excluding hydrogens is 314 g/mol. The first-order valence-corrected chi connectivity index (χ1v) is 6.35. The first-order valence-electron chi connectivity index (χ1n) is 5.56. The van der Waals surface area contributed by atoms with E-state index in [1.165, 1.54) is 13.0 Å². The molecule has 1 aromatic carbocycles. The summed E-state index contributed by atoms with van der Waals surface area (Å²) in [5, 5.41) is 20.3. The molecule has 1 rings (SSSR count). The monoisotopic (exact) mass is 327 g/mol. The lowest BCUT2D eigenvalue weighted by Crippen LogP contribution is -2.47. The number of halogens is 1. The highest BCUT2D eigenvalue weighted by molar-refractivity contribution is 9.10. The third kappa shape index (κ3) is 4.84. The van der Waals surface area contributed by atoms with Gasteiger partial charge in [-0.25, -0.2) is 4.79 Å². The van der Waals surface area contributed by atoms with Crippen molar-refractivity contribution in [2.45, 2.75) is 19.1 Å². The Balaban J connectivity index is 2.70. The normalized spacial score (nSPS) is 14.1. The van der Waals surface area contributed by atoms with Crippen LogP contribution in [0.5, 0.6) is 0 Å². The molecule has 3 N–H and O–H groups in total. The van der Waals surface area contributed by atoms with Crippen LogP contribution in [0, 0.1) is 0 Å². The number of aliphatic carboxylic acids is 1. The number of aliphatic hydroxyl groups is 1. The Kier molecular flexibility index (Phi) is 5.72. The third-order valence-corrected chi connectivity index (χ3v) is 3.09. The maximum absolute atomic E-state index is 11.6. The molecule has 0 aliphatic rings. The van der Waals surface area contributed by atoms with Gasteiger partial charge in [0, 0.05) is 10.5 Å². The van der Waals surface area contributed by atoms with Crippen LogP contribution in [0.2, 0.25) is 0 Å². The number of rotatable bonds is 5. The fraction of sp³-hybridized carbons (Fsp3) is 0.231. The summed E-state index contributed by atoms with van der Waals surface area (Å²) >= 11 is 3.33. The standard InChI is InChI=1S/C13H14BrNO4/c1-8(16)12(13(18)19)15-11(17)7-6-9-4-2-3-5-10(9)14/h2-8,12,16H,1H3,(H,15,17)(H,18,19)/b7-6+/t8-,12+/m1/s1. The van der Waals surface area contributed by atoms with Gasteiger partial charge in [-0.3, -0.25) is 4.79 Å². The number of hydrogen-bond donors (Lipinski definition) is 3. The van der Waals surface area contributed by atoms with Crippen LogP contribution in [0.15, 0.2) is 34.8 Å². The lowest BCUT2D eigenvalue weighted by Gasteiger charge is -2.15. The summed E-state index contributed by atoms with van der Waals surface area (Å²) in [6.45, 7) is 1.30. The van der Waals surface area contributed by atoms with Crippen molar-refractivity contribution in [2.75, 3.05) is 0 Å². The van der Waals surface area contributed by atoms with Gasteiger partial charge in [-0.15, -0.1) is 0 Å². The molecule has 5 nitrogen and oxygen atoms in total. The Bertz CT molecular complexity index is 499. The van der Waals surface area contributed by atoms with Crippen LogP contribution in [0.25, 0.3) is 6.08 Å². The molecule has 0 fully saturated rings. The van der Waals surface area contributed by atoms with E-state index in [4.69, 9.17) is 5.11 Å². The second-order valence-corrected chi connectivity index (χ2v) is 4.77. The number of carboxylic acid groups (broad SMARTS) is 1. The van der Waals surface area contributed by atoms with Gasteiger partial charge in [0.2, 0.25) is 5.91 Å². The van der Waals surface area contributed by atoms with Gasteiger partial charge < -0.3 is 15.5 Å². The Labute approximate surface area is 119 Å². The van der Waals surface area contributed by atoms with E-state index in [9.17, 15) is 14.7 Å². The van der Waals surface area contributed by atoms with E-state index in [2.05, 4.69) is 21.2 Å². The average molecular weight is 328 g/mol. The molecule has 6 heteroatoms. The zero-order valence-corrected chi connectivity index (χ0v) is 11.8. The van der Waals surface area contributed by atoms with Crippen molar-refractivity contribution in [1.29, 1.82) is 0 Å². The van der Waals surface area contributed by atoms with E-state index in [1.807, 2.05) is 18.2 Å². The summed E-state index contributed by atoms with van der Waals surface area (Å²) < 4.78 is 0.823. The van der Waals surface area contributed by atoms with Gasteiger partial charge in [0.05, 0.1) is 6.10 Å². The van der Waals surface area contributed by atoms with E-state index in [1.54, 1.807) is 12.1 Å². The summed E-state index contributed by atoms with van der Waals surface area (Å²) in [4.78, 5) is 22.4. The molecule has 0 aromatic heterocycles. The van der Waals surface area contributed by atoms with Crippen molar-refractivity contribution < 1.29 is 19.8 Å². The van der Waals surface area contributed by atoms with Crippen molar-refractivity contribution in [2.24, 2.45) is 0 Å². The first kappa shape index (κ1) is 15.4. The molecule has 0 heterocycles. The molecule has 0 aliphatic heterocycles. The maximum atomic E-state index is 11.6. The SMILES string of the molecule is C[C@@H](O)[C@H](NC(=O)/C=C/c1ccccc1Br)C(=O)O. The van der Waals surface area contributed by atoms with Crippen LogP contribution in [0.3, 0.4) is 0 Å². The van der Waals surface area contributed by atoms with Gasteiger partial charge >= 0.3 is 5.97 Å². The largest absolute Gasteiger partial charge is 0.480 e. The molecule has 0 aliphatic carbocycles. The Morgan fingerprint density at radius 3 is 2.53 bits per heavy atom. The highest BCUT2D eigenvalue weighted by Gasteiger charge is 2.23. The molecule has 2 atom stereocenters. The van der Waals surface area contributed by atoms with Crippen molar-refractivity contribution in [3.05, 3.63) is 40.4 Å². The van der Waals surface area contributed by atoms with E-state index in [0.29, 0.717) is 0 Å². The summed E-state index contributed by atoms with van der Waals surface area (Å²) in [5.74, 6) is -1.86. The summed E-state index contributed by atoms with van der Waals surface area (Å²) in [6, 6.07) is 5.97. The quantitative estimate of drug-likeness (QED) is 0.714. The second kappa shape index (κ2) is 7.06. The van der Waals surface area contributed by atoms with E-state index in [0.717, 1.165) is 10.0 Å². The lowest BCUT2D eigenvalue weighted by atomic mass is 10.1. The van der Waals surface area contributed by atoms with Gasteiger partial charge in [0.25, 0.3) is 0 Å². The van der Waals surface area contributed by atoms with Gasteiger partial charge in [-0.1, -0.05) is 34.1 Å². The van der Waals surface area contributed by atoms with Crippen LogP contribution in [-0.4, -0.2) is 34.2 Å². The maximum Gasteiger partial charge on any atom is 0.328 e. The fourth-order valence-electron chi connectivity index (χ4n) is 1.37. The number of hydrogen-bond acceptors (Lipinski definition) is 3. The molecule has 0 unspecified atom stereocenters. The molecule has 19 heavy (non-hydrogen) atoms. The second-order valence-electron chi connectivity index (χ2n) is 3.92. The molecule has 0 bridgehead atoms. The van der Waals surface area contributed by atoms with Crippen molar-refractivity contribution in [3.63, 3.8) is 0 Å². The van der Waals surface area contributed by atoms with Crippen LogP contribution < -0.4 is 5.32 Å². The van der Waals surface area contributed by atoms with E-state index >= 15 is 0 Å². The Hall–Kier alpha value is -1.66. The first-order chi connectivity index (χ1) is 8.91. The van der Waals surface area contributed by atoms with E-state index in [-0.39, 0.29) is 0 Å². The number of aliphatic hydroxyl groups excluding tert-OH is 1. The summed E-state index contributed by atoms with van der Waals surface area (Å²) in [7, 11) is 0. The van der Waals surface area contributed by atoms with Gasteiger partial charge in [-0.05, 0) is 24.6 Å². The number of amides is 1. The van der Waals surface area contributed by atoms with Gasteiger partial charge in [0.1, 0.15) is 0 Å². The van der Waals surface area contributed by atoms with Crippen molar-refractivity contribution in [3.8, 4) is 0 Å². The zero-order chi connectivity index (χ0) is 14.4. The number of carbonyl (C=O) groups is 2. The predicted octanol–water partition coefficient (Wildman–Crippen LogP) is 1.41. The number of nitrogens with one attached hydrogen (secondary N) is 1. The molecule has 0 radical (unpaired) electrons. The minimum atomic E-state index is -1.32. The minimum absolute atomic E-state index is 0.580. The molecular formula is C13H14BrNO4. The number of carboxylic acids is 1. The molecule has 102 valence electrons. The molecule has 1 amide bonds. The van der Waals surface area contributed by atoms with Crippen LogP contribution in [0.4, 0.5) is 0 Å². The van der Waals surface area contributed by atoms with Gasteiger partial charge in [-0.2, -0.15) is 0 Å². The smallest absolute Gasteiger partial charge is 0.328 e. The molecule has 0 saturated heterocycles. The zero-order valence-electron chi connectivity index (χ0n) is 10.2. The third-order valence-electron chi connectivity index (χ3n) is 2.37. The van der Waals surface area contributed by atoms with Crippen LogP contribution >= 0.6 is 15.9 Å².